The van der Waals surface area contributed by atoms with Gasteiger partial charge in [0.1, 0.15) is 9.97 Å². The topological polar surface area (TPSA) is 92.5 Å². The third-order valence-corrected chi connectivity index (χ3v) is 7.73. The van der Waals surface area contributed by atoms with Crippen molar-refractivity contribution in [2.24, 2.45) is 5.92 Å². The van der Waals surface area contributed by atoms with Gasteiger partial charge in [-0.25, -0.2) is 8.42 Å². The molecule has 3 heterocycles. The second-order valence-electron chi connectivity index (χ2n) is 5.57. The van der Waals surface area contributed by atoms with E-state index < -0.39 is 15.9 Å². The van der Waals surface area contributed by atoms with E-state index in [4.69, 9.17) is 4.52 Å². The minimum atomic E-state index is -3.57. The monoisotopic (exact) mass is 433 g/mol. The van der Waals surface area contributed by atoms with Crippen LogP contribution in [0.5, 0.6) is 0 Å². The van der Waals surface area contributed by atoms with Gasteiger partial charge >= 0.3 is 0 Å². The SMILES string of the molecule is Cc1cc(NC(=O)[C@@H]2CCCN(S(=O)(=O)c3ccc(Br)s3)C2)no1. The molecule has 1 aliphatic heterocycles. The van der Waals surface area contributed by atoms with E-state index in [9.17, 15) is 13.2 Å². The van der Waals surface area contributed by atoms with E-state index in [0.717, 1.165) is 3.79 Å². The molecule has 1 saturated heterocycles. The molecule has 1 aliphatic rings. The van der Waals surface area contributed by atoms with E-state index in [1.807, 2.05) is 0 Å². The van der Waals surface area contributed by atoms with Crippen LogP contribution in [0.3, 0.4) is 0 Å². The van der Waals surface area contributed by atoms with Crippen molar-refractivity contribution in [2.75, 3.05) is 18.4 Å². The Morgan fingerprint density at radius 3 is 2.92 bits per heavy atom. The molecule has 0 aliphatic carbocycles. The van der Waals surface area contributed by atoms with Gasteiger partial charge in [-0.3, -0.25) is 4.79 Å². The van der Waals surface area contributed by atoms with Crippen LogP contribution in [-0.4, -0.2) is 36.9 Å². The fraction of sp³-hybridized carbons (Fsp3) is 0.429. The van der Waals surface area contributed by atoms with Crippen molar-refractivity contribution >= 4 is 49.0 Å². The quantitative estimate of drug-likeness (QED) is 0.799. The molecule has 3 rings (SSSR count). The number of anilines is 1. The summed E-state index contributed by atoms with van der Waals surface area (Å²) in [7, 11) is -3.57. The molecule has 0 spiro atoms. The first-order valence-corrected chi connectivity index (χ1v) is 10.4. The zero-order valence-corrected chi connectivity index (χ0v) is 16.1. The maximum atomic E-state index is 12.7. The molecule has 1 fully saturated rings. The minimum Gasteiger partial charge on any atom is -0.360 e. The van der Waals surface area contributed by atoms with Gasteiger partial charge in [-0.2, -0.15) is 4.31 Å². The van der Waals surface area contributed by atoms with Crippen LogP contribution < -0.4 is 5.32 Å². The molecule has 0 bridgehead atoms. The van der Waals surface area contributed by atoms with Crippen molar-refractivity contribution in [3.05, 3.63) is 27.7 Å². The van der Waals surface area contributed by atoms with Crippen molar-refractivity contribution in [3.8, 4) is 0 Å². The molecule has 0 aromatic carbocycles. The Hall–Kier alpha value is -1.23. The number of piperidine rings is 1. The van der Waals surface area contributed by atoms with E-state index >= 15 is 0 Å². The summed E-state index contributed by atoms with van der Waals surface area (Å²) in [5, 5.41) is 6.40. The van der Waals surface area contributed by atoms with Gasteiger partial charge in [-0.05, 0) is 47.8 Å². The van der Waals surface area contributed by atoms with Crippen LogP contribution in [0.2, 0.25) is 0 Å². The molecule has 0 unspecified atom stereocenters. The van der Waals surface area contributed by atoms with Gasteiger partial charge in [0.15, 0.2) is 5.82 Å². The molecule has 0 radical (unpaired) electrons. The third-order valence-electron chi connectivity index (χ3n) is 3.78. The maximum Gasteiger partial charge on any atom is 0.252 e. The molecule has 0 saturated carbocycles. The Bertz CT molecular complexity index is 846. The second-order valence-corrected chi connectivity index (χ2v) is 10.2. The number of nitrogens with one attached hydrogen (secondary N) is 1. The molecule has 1 N–H and O–H groups in total. The zero-order chi connectivity index (χ0) is 17.3. The smallest absolute Gasteiger partial charge is 0.252 e. The molecule has 1 atom stereocenters. The summed E-state index contributed by atoms with van der Waals surface area (Å²) in [5.41, 5.74) is 0. The van der Waals surface area contributed by atoms with E-state index in [1.54, 1.807) is 25.1 Å². The lowest BCUT2D eigenvalue weighted by molar-refractivity contribution is -0.120. The van der Waals surface area contributed by atoms with Crippen LogP contribution in [0.15, 0.2) is 30.7 Å². The van der Waals surface area contributed by atoms with Crippen LogP contribution in [-0.2, 0) is 14.8 Å². The fourth-order valence-corrected chi connectivity index (χ4v) is 6.28. The van der Waals surface area contributed by atoms with Crippen LogP contribution in [0, 0.1) is 12.8 Å². The summed E-state index contributed by atoms with van der Waals surface area (Å²) < 4.78 is 32.7. The normalized spacial score (nSPS) is 19.3. The number of hydrogen-bond donors (Lipinski definition) is 1. The average molecular weight is 434 g/mol. The molecule has 2 aromatic heterocycles. The standard InChI is InChI=1S/C14H16BrN3O4S2/c1-9-7-12(17-22-9)16-14(19)10-3-2-6-18(8-10)24(20,21)13-5-4-11(15)23-13/h4-5,7,10H,2-3,6,8H2,1H3,(H,16,17,19)/t10-/m1/s1. The van der Waals surface area contributed by atoms with Gasteiger partial charge in [0.25, 0.3) is 10.0 Å². The average Bonchev–Trinajstić information content (AvgIpc) is 3.16. The number of thiophene rings is 1. The van der Waals surface area contributed by atoms with E-state index in [2.05, 4.69) is 26.4 Å². The first-order chi connectivity index (χ1) is 11.4. The number of amides is 1. The molecule has 1 amide bonds. The number of nitrogens with zero attached hydrogens (tertiary/aromatic N) is 2. The predicted molar refractivity (Wildman–Crippen MR) is 93.4 cm³/mol. The number of halogens is 1. The van der Waals surface area contributed by atoms with Gasteiger partial charge in [-0.15, -0.1) is 11.3 Å². The highest BCUT2D eigenvalue weighted by Crippen LogP contribution is 2.31. The predicted octanol–water partition coefficient (Wildman–Crippen LogP) is 2.85. The summed E-state index contributed by atoms with van der Waals surface area (Å²) >= 11 is 4.45. The number of aromatic nitrogens is 1. The van der Waals surface area contributed by atoms with Crippen LogP contribution in [0.25, 0.3) is 0 Å². The Kier molecular flexibility index (Phi) is 5.09. The van der Waals surface area contributed by atoms with Gasteiger partial charge in [0.2, 0.25) is 5.91 Å². The second kappa shape index (κ2) is 6.95. The fourth-order valence-electron chi connectivity index (χ4n) is 2.59. The first kappa shape index (κ1) is 17.6. The van der Waals surface area contributed by atoms with Crippen LogP contribution in [0.1, 0.15) is 18.6 Å². The maximum absolute atomic E-state index is 12.7. The van der Waals surface area contributed by atoms with E-state index in [1.165, 1.54) is 15.6 Å². The number of rotatable bonds is 4. The lowest BCUT2D eigenvalue weighted by atomic mass is 9.99. The Morgan fingerprint density at radius 1 is 1.50 bits per heavy atom. The number of sulfonamides is 1. The van der Waals surface area contributed by atoms with Crippen molar-refractivity contribution in [1.82, 2.24) is 9.46 Å². The molecule has 130 valence electrons. The lowest BCUT2D eigenvalue weighted by Crippen LogP contribution is -2.43. The highest BCUT2D eigenvalue weighted by atomic mass is 79.9. The number of carbonyl (C=O) groups excluding carboxylic acids is 1. The molecule has 10 heteroatoms. The Labute approximate surface area is 152 Å². The zero-order valence-electron chi connectivity index (χ0n) is 12.9. The van der Waals surface area contributed by atoms with Crippen molar-refractivity contribution in [3.63, 3.8) is 0 Å². The van der Waals surface area contributed by atoms with Gasteiger partial charge in [0, 0.05) is 19.2 Å². The molecular formula is C14H16BrN3O4S2. The van der Waals surface area contributed by atoms with Crippen LogP contribution in [0.4, 0.5) is 5.82 Å². The largest absolute Gasteiger partial charge is 0.360 e. The van der Waals surface area contributed by atoms with E-state index in [-0.39, 0.29) is 16.7 Å². The lowest BCUT2D eigenvalue weighted by Gasteiger charge is -2.30. The molecular weight excluding hydrogens is 418 g/mol. The summed E-state index contributed by atoms with van der Waals surface area (Å²) in [6.45, 7) is 2.32. The first-order valence-electron chi connectivity index (χ1n) is 7.36. The van der Waals surface area contributed by atoms with Gasteiger partial charge in [0.05, 0.1) is 9.70 Å². The Morgan fingerprint density at radius 2 is 2.29 bits per heavy atom. The summed E-state index contributed by atoms with van der Waals surface area (Å²) in [6, 6.07) is 4.91. The number of aryl methyl sites for hydroxylation is 1. The summed E-state index contributed by atoms with van der Waals surface area (Å²) in [5.74, 6) is 0.297. The molecule has 7 nitrogen and oxygen atoms in total. The summed E-state index contributed by atoms with van der Waals surface area (Å²) in [4.78, 5) is 12.4. The minimum absolute atomic E-state index is 0.167. The van der Waals surface area contributed by atoms with Crippen molar-refractivity contribution in [1.29, 1.82) is 0 Å². The molecule has 24 heavy (non-hydrogen) atoms. The highest BCUT2D eigenvalue weighted by molar-refractivity contribution is 9.11. The third kappa shape index (κ3) is 3.71. The summed E-state index contributed by atoms with van der Waals surface area (Å²) in [6.07, 6.45) is 1.28. The highest BCUT2D eigenvalue weighted by Gasteiger charge is 2.34. The van der Waals surface area contributed by atoms with Crippen LogP contribution >= 0.6 is 27.3 Å². The molecule has 2 aromatic rings. The van der Waals surface area contributed by atoms with Gasteiger partial charge < -0.3 is 9.84 Å². The number of hydrogen-bond acceptors (Lipinski definition) is 6. The van der Waals surface area contributed by atoms with Crippen molar-refractivity contribution < 1.29 is 17.7 Å². The van der Waals surface area contributed by atoms with Crippen molar-refractivity contribution in [2.45, 2.75) is 24.0 Å². The number of carbonyl (C=O) groups is 1. The van der Waals surface area contributed by atoms with Gasteiger partial charge in [-0.1, -0.05) is 5.16 Å². The van der Waals surface area contributed by atoms with E-state index in [0.29, 0.717) is 31.0 Å². The Balaban J connectivity index is 1.71.